The molecule has 0 spiro atoms. The van der Waals surface area contributed by atoms with E-state index in [1.807, 2.05) is 0 Å². The third-order valence-corrected chi connectivity index (χ3v) is 2.88. The predicted molar refractivity (Wildman–Crippen MR) is 77.9 cm³/mol. The van der Waals surface area contributed by atoms with E-state index in [1.54, 1.807) is 0 Å². The monoisotopic (exact) mass is 232 g/mol. The number of hydrogen-bond acceptors (Lipinski definition) is 2. The van der Waals surface area contributed by atoms with Crippen molar-refractivity contribution in [1.82, 2.24) is 0 Å². The van der Waals surface area contributed by atoms with E-state index >= 15 is 0 Å². The van der Waals surface area contributed by atoms with Gasteiger partial charge >= 0.3 is 0 Å². The SMILES string of the molecule is C=C(C)CCNc1ccc(N(CC)CC)cc1. The molecule has 0 saturated heterocycles. The molecule has 0 fully saturated rings. The summed E-state index contributed by atoms with van der Waals surface area (Å²) in [7, 11) is 0. The van der Waals surface area contributed by atoms with Crippen molar-refractivity contribution in [2.45, 2.75) is 27.2 Å². The average molecular weight is 232 g/mol. The lowest BCUT2D eigenvalue weighted by atomic mass is 10.2. The van der Waals surface area contributed by atoms with Gasteiger partial charge in [-0.05, 0) is 51.5 Å². The predicted octanol–water partition coefficient (Wildman–Crippen LogP) is 3.91. The minimum absolute atomic E-state index is 0.958. The van der Waals surface area contributed by atoms with E-state index < -0.39 is 0 Å². The molecular formula is C15H24N2. The third kappa shape index (κ3) is 4.51. The molecule has 0 saturated carbocycles. The summed E-state index contributed by atoms with van der Waals surface area (Å²) in [5.41, 5.74) is 3.69. The van der Waals surface area contributed by atoms with Gasteiger partial charge in [0.25, 0.3) is 0 Å². The van der Waals surface area contributed by atoms with Crippen LogP contribution in [-0.4, -0.2) is 19.6 Å². The number of nitrogens with zero attached hydrogens (tertiary/aromatic N) is 1. The topological polar surface area (TPSA) is 15.3 Å². The molecule has 1 N–H and O–H groups in total. The molecule has 0 aromatic heterocycles. The van der Waals surface area contributed by atoms with Crippen molar-refractivity contribution in [2.24, 2.45) is 0 Å². The lowest BCUT2D eigenvalue weighted by Crippen LogP contribution is -2.21. The fraction of sp³-hybridized carbons (Fsp3) is 0.467. The van der Waals surface area contributed by atoms with Crippen molar-refractivity contribution in [2.75, 3.05) is 29.9 Å². The van der Waals surface area contributed by atoms with Gasteiger partial charge in [-0.2, -0.15) is 0 Å². The Bertz CT molecular complexity index is 336. The highest BCUT2D eigenvalue weighted by Gasteiger charge is 2.00. The second-order valence-electron chi connectivity index (χ2n) is 4.35. The highest BCUT2D eigenvalue weighted by atomic mass is 15.1. The maximum atomic E-state index is 3.90. The Morgan fingerprint density at radius 3 is 2.24 bits per heavy atom. The largest absolute Gasteiger partial charge is 0.385 e. The van der Waals surface area contributed by atoms with Crippen LogP contribution in [-0.2, 0) is 0 Å². The van der Waals surface area contributed by atoms with Crippen LogP contribution in [0.5, 0.6) is 0 Å². The van der Waals surface area contributed by atoms with Crippen LogP contribution in [0.1, 0.15) is 27.2 Å². The van der Waals surface area contributed by atoms with Gasteiger partial charge in [0.15, 0.2) is 0 Å². The Balaban J connectivity index is 2.52. The van der Waals surface area contributed by atoms with Crippen molar-refractivity contribution >= 4 is 11.4 Å². The summed E-state index contributed by atoms with van der Waals surface area (Å²) in [6, 6.07) is 8.64. The van der Waals surface area contributed by atoms with E-state index in [1.165, 1.54) is 16.9 Å². The van der Waals surface area contributed by atoms with Crippen LogP contribution in [0.4, 0.5) is 11.4 Å². The van der Waals surface area contributed by atoms with Crippen molar-refractivity contribution < 1.29 is 0 Å². The fourth-order valence-electron chi connectivity index (χ4n) is 1.80. The Hall–Kier alpha value is -1.44. The van der Waals surface area contributed by atoms with E-state index in [9.17, 15) is 0 Å². The molecule has 0 unspecified atom stereocenters. The normalized spacial score (nSPS) is 10.1. The Labute approximate surface area is 105 Å². The van der Waals surface area contributed by atoms with Crippen LogP contribution in [0.2, 0.25) is 0 Å². The molecule has 0 aliphatic heterocycles. The molecular weight excluding hydrogens is 208 g/mol. The third-order valence-electron chi connectivity index (χ3n) is 2.88. The molecule has 0 aliphatic carbocycles. The van der Waals surface area contributed by atoms with Crippen molar-refractivity contribution in [3.8, 4) is 0 Å². The maximum absolute atomic E-state index is 3.90. The standard InChI is InChI=1S/C15H24N2/c1-5-17(6-2)15-9-7-14(8-10-15)16-12-11-13(3)4/h7-10,16H,3,5-6,11-12H2,1-2,4H3. The summed E-state index contributed by atoms with van der Waals surface area (Å²) in [6.45, 7) is 13.4. The fourth-order valence-corrected chi connectivity index (χ4v) is 1.80. The number of hydrogen-bond donors (Lipinski definition) is 1. The zero-order chi connectivity index (χ0) is 12.7. The molecule has 1 rings (SSSR count). The first-order valence-electron chi connectivity index (χ1n) is 6.40. The number of benzene rings is 1. The lowest BCUT2D eigenvalue weighted by Gasteiger charge is -2.21. The van der Waals surface area contributed by atoms with Crippen LogP contribution >= 0.6 is 0 Å². The number of rotatable bonds is 7. The molecule has 1 aromatic carbocycles. The lowest BCUT2D eigenvalue weighted by molar-refractivity contribution is 0.866. The van der Waals surface area contributed by atoms with Crippen LogP contribution < -0.4 is 10.2 Å². The first kappa shape index (κ1) is 13.6. The van der Waals surface area contributed by atoms with Gasteiger partial charge in [-0.1, -0.05) is 5.57 Å². The van der Waals surface area contributed by atoms with Crippen LogP contribution in [0.25, 0.3) is 0 Å². The first-order chi connectivity index (χ1) is 8.17. The van der Waals surface area contributed by atoms with Gasteiger partial charge in [0.2, 0.25) is 0 Å². The van der Waals surface area contributed by atoms with E-state index in [2.05, 4.69) is 61.8 Å². The van der Waals surface area contributed by atoms with Gasteiger partial charge in [-0.25, -0.2) is 0 Å². The quantitative estimate of drug-likeness (QED) is 0.717. The number of anilines is 2. The molecule has 0 atom stereocenters. The van der Waals surface area contributed by atoms with Crippen molar-refractivity contribution in [1.29, 1.82) is 0 Å². The van der Waals surface area contributed by atoms with Gasteiger partial charge in [-0.3, -0.25) is 0 Å². The molecule has 0 bridgehead atoms. The zero-order valence-corrected chi connectivity index (χ0v) is 11.3. The highest BCUT2D eigenvalue weighted by Crippen LogP contribution is 2.17. The van der Waals surface area contributed by atoms with Gasteiger partial charge in [0.05, 0.1) is 0 Å². The van der Waals surface area contributed by atoms with E-state index in [-0.39, 0.29) is 0 Å². The molecule has 2 nitrogen and oxygen atoms in total. The molecule has 0 heterocycles. The summed E-state index contributed by atoms with van der Waals surface area (Å²) in [4.78, 5) is 2.34. The summed E-state index contributed by atoms with van der Waals surface area (Å²) in [6.07, 6.45) is 1.03. The van der Waals surface area contributed by atoms with Gasteiger partial charge < -0.3 is 10.2 Å². The molecule has 2 heteroatoms. The van der Waals surface area contributed by atoms with E-state index in [4.69, 9.17) is 0 Å². The summed E-state index contributed by atoms with van der Waals surface area (Å²) in [5, 5.41) is 3.40. The molecule has 0 aliphatic rings. The molecule has 17 heavy (non-hydrogen) atoms. The summed E-state index contributed by atoms with van der Waals surface area (Å²) in [5.74, 6) is 0. The Kier molecular flexibility index (Phi) is 5.61. The Morgan fingerprint density at radius 2 is 1.76 bits per heavy atom. The molecule has 0 amide bonds. The van der Waals surface area contributed by atoms with Gasteiger partial charge in [-0.15, -0.1) is 6.58 Å². The minimum atomic E-state index is 0.958. The van der Waals surface area contributed by atoms with Crippen LogP contribution in [0, 0.1) is 0 Å². The van der Waals surface area contributed by atoms with Crippen molar-refractivity contribution in [3.05, 3.63) is 36.4 Å². The van der Waals surface area contributed by atoms with E-state index in [0.717, 1.165) is 26.1 Å². The maximum Gasteiger partial charge on any atom is 0.0367 e. The van der Waals surface area contributed by atoms with E-state index in [0.29, 0.717) is 0 Å². The van der Waals surface area contributed by atoms with Gasteiger partial charge in [0, 0.05) is 31.0 Å². The molecule has 1 aromatic rings. The molecule has 94 valence electrons. The smallest absolute Gasteiger partial charge is 0.0367 e. The first-order valence-corrected chi connectivity index (χ1v) is 6.40. The second kappa shape index (κ2) is 7.00. The second-order valence-corrected chi connectivity index (χ2v) is 4.35. The van der Waals surface area contributed by atoms with Crippen LogP contribution in [0.3, 0.4) is 0 Å². The zero-order valence-electron chi connectivity index (χ0n) is 11.3. The minimum Gasteiger partial charge on any atom is -0.385 e. The van der Waals surface area contributed by atoms with Gasteiger partial charge in [0.1, 0.15) is 0 Å². The average Bonchev–Trinajstić information content (AvgIpc) is 2.32. The summed E-state index contributed by atoms with van der Waals surface area (Å²) < 4.78 is 0. The molecule has 0 radical (unpaired) electrons. The Morgan fingerprint density at radius 1 is 1.18 bits per heavy atom. The summed E-state index contributed by atoms with van der Waals surface area (Å²) >= 11 is 0. The van der Waals surface area contributed by atoms with Crippen molar-refractivity contribution in [3.63, 3.8) is 0 Å². The number of nitrogens with one attached hydrogen (secondary N) is 1. The van der Waals surface area contributed by atoms with Crippen LogP contribution in [0.15, 0.2) is 36.4 Å². The highest BCUT2D eigenvalue weighted by molar-refractivity contribution is 5.55.